The highest BCUT2D eigenvalue weighted by atomic mass is 16.4. The lowest BCUT2D eigenvalue weighted by atomic mass is 9.95. The van der Waals surface area contributed by atoms with Gasteiger partial charge in [-0.1, -0.05) is 62.1 Å². The van der Waals surface area contributed by atoms with Crippen LogP contribution in [0.2, 0.25) is 0 Å². The highest BCUT2D eigenvalue weighted by Gasteiger charge is 2.16. The van der Waals surface area contributed by atoms with Crippen LogP contribution in [0.1, 0.15) is 31.7 Å². The number of amides is 1. The molecule has 150 valence electrons. The van der Waals surface area contributed by atoms with Crippen LogP contribution in [0, 0.1) is 0 Å². The number of carbonyl (C=O) groups is 2. The van der Waals surface area contributed by atoms with Crippen LogP contribution in [0.4, 0.5) is 0 Å². The molecule has 0 aliphatic carbocycles. The lowest BCUT2D eigenvalue weighted by Gasteiger charge is -2.14. The minimum Gasteiger partial charge on any atom is -0.508 e. The summed E-state index contributed by atoms with van der Waals surface area (Å²) in [4.78, 5) is 23.6. The van der Waals surface area contributed by atoms with Crippen LogP contribution in [0.5, 0.6) is 5.75 Å². The zero-order valence-corrected chi connectivity index (χ0v) is 16.6. The molecule has 0 saturated carbocycles. The first kappa shape index (κ1) is 21.7. The average molecular weight is 391 g/mol. The molecule has 2 rings (SSSR count). The number of nitrogens with one attached hydrogen (secondary N) is 1. The average Bonchev–Trinajstić information content (AvgIpc) is 2.68. The first-order chi connectivity index (χ1) is 13.8. The second-order valence-corrected chi connectivity index (χ2v) is 6.71. The predicted octanol–water partition coefficient (Wildman–Crippen LogP) is 4.77. The molecule has 5 nitrogen and oxygen atoms in total. The molecule has 2 aromatic carbocycles. The Morgan fingerprint density at radius 2 is 1.62 bits per heavy atom. The fourth-order valence-corrected chi connectivity index (χ4v) is 2.83. The molecule has 0 fully saturated rings. The Labute approximate surface area is 170 Å². The number of hydrogen-bond donors (Lipinski definition) is 3. The van der Waals surface area contributed by atoms with Gasteiger partial charge in [0.1, 0.15) is 5.75 Å². The summed E-state index contributed by atoms with van der Waals surface area (Å²) in [6, 6.07) is 14.8. The van der Waals surface area contributed by atoms with E-state index in [-0.39, 0.29) is 35.3 Å². The molecule has 0 heterocycles. The van der Waals surface area contributed by atoms with Crippen molar-refractivity contribution in [2.45, 2.75) is 26.2 Å². The van der Waals surface area contributed by atoms with Crippen molar-refractivity contribution in [3.8, 4) is 16.9 Å². The zero-order chi connectivity index (χ0) is 21.4. The van der Waals surface area contributed by atoms with Gasteiger partial charge in [-0.3, -0.25) is 4.79 Å². The third-order valence-corrected chi connectivity index (χ3v) is 4.47. The van der Waals surface area contributed by atoms with E-state index < -0.39 is 5.97 Å². The summed E-state index contributed by atoms with van der Waals surface area (Å²) in [6.45, 7) is 7.37. The van der Waals surface area contributed by atoms with E-state index in [2.05, 4.69) is 11.9 Å². The first-order valence-corrected chi connectivity index (χ1v) is 9.26. The van der Waals surface area contributed by atoms with E-state index in [0.717, 1.165) is 16.7 Å². The zero-order valence-electron chi connectivity index (χ0n) is 16.6. The highest BCUT2D eigenvalue weighted by Crippen LogP contribution is 2.25. The van der Waals surface area contributed by atoms with Crippen LogP contribution in [0.15, 0.2) is 84.6 Å². The Hall–Kier alpha value is -3.60. The number of allylic oxidation sites excluding steroid dienone is 3. The van der Waals surface area contributed by atoms with E-state index in [9.17, 15) is 19.8 Å². The van der Waals surface area contributed by atoms with Crippen molar-refractivity contribution in [3.05, 3.63) is 90.2 Å². The van der Waals surface area contributed by atoms with Gasteiger partial charge in [-0.05, 0) is 47.7 Å². The van der Waals surface area contributed by atoms with E-state index in [1.54, 1.807) is 31.2 Å². The quantitative estimate of drug-likeness (QED) is 0.447. The second-order valence-electron chi connectivity index (χ2n) is 6.71. The Balaban J connectivity index is 2.01. The monoisotopic (exact) mass is 391 g/mol. The minimum atomic E-state index is -1.15. The maximum absolute atomic E-state index is 12.3. The van der Waals surface area contributed by atoms with Gasteiger partial charge in [0.2, 0.25) is 5.91 Å². The van der Waals surface area contributed by atoms with Gasteiger partial charge < -0.3 is 15.5 Å². The topological polar surface area (TPSA) is 86.6 Å². The highest BCUT2D eigenvalue weighted by molar-refractivity contribution is 5.94. The van der Waals surface area contributed by atoms with Crippen molar-refractivity contribution in [3.63, 3.8) is 0 Å². The minimum absolute atomic E-state index is 0.0514. The molecule has 2 aromatic rings. The third kappa shape index (κ3) is 6.21. The molecule has 0 bridgehead atoms. The van der Waals surface area contributed by atoms with Gasteiger partial charge in [-0.25, -0.2) is 4.79 Å². The molecular formula is C24H25NO4. The molecule has 1 unspecified atom stereocenters. The number of hydrogen-bond acceptors (Lipinski definition) is 3. The molecule has 0 radical (unpaired) electrons. The van der Waals surface area contributed by atoms with Gasteiger partial charge in [0, 0.05) is 12.1 Å². The molecule has 3 N–H and O–H groups in total. The van der Waals surface area contributed by atoms with Gasteiger partial charge in [0.05, 0.1) is 5.57 Å². The number of phenolic OH excluding ortho intramolecular Hbond substituents is 1. The smallest absolute Gasteiger partial charge is 0.337 e. The number of carbonyl (C=O) groups excluding carboxylic acids is 1. The van der Waals surface area contributed by atoms with Crippen LogP contribution in [-0.4, -0.2) is 22.1 Å². The van der Waals surface area contributed by atoms with Gasteiger partial charge in [0.15, 0.2) is 0 Å². The van der Waals surface area contributed by atoms with Crippen molar-refractivity contribution < 1.29 is 19.8 Å². The fourth-order valence-electron chi connectivity index (χ4n) is 2.83. The number of aromatic hydroxyl groups is 1. The van der Waals surface area contributed by atoms with Crippen molar-refractivity contribution in [2.24, 2.45) is 0 Å². The number of benzene rings is 2. The molecular weight excluding hydrogens is 366 g/mol. The molecule has 0 aromatic heterocycles. The summed E-state index contributed by atoms with van der Waals surface area (Å²) in [5, 5.41) is 21.2. The predicted molar refractivity (Wildman–Crippen MR) is 114 cm³/mol. The van der Waals surface area contributed by atoms with E-state index >= 15 is 0 Å². The van der Waals surface area contributed by atoms with E-state index in [0.29, 0.717) is 0 Å². The standard InChI is InChI=1S/C24H25NO4/c1-4-5-6-22(24(28)29)17(3)25-23(27)15-16(2)18-7-9-19(10-8-18)20-11-13-21(26)14-12-20/h4-14,16,26H,3,15H2,1-2H3,(H,25,27)(H,28,29)/b5-4-,22-6+. The SMILES string of the molecule is C=C(NC(=O)CC(C)c1ccc(-c2ccc(O)cc2)cc1)/C(=C\C=C/C)C(=O)O. The Morgan fingerprint density at radius 1 is 1.07 bits per heavy atom. The molecule has 0 aliphatic rings. The molecule has 1 amide bonds. The third-order valence-electron chi connectivity index (χ3n) is 4.47. The van der Waals surface area contributed by atoms with E-state index in [1.807, 2.05) is 43.3 Å². The summed E-state index contributed by atoms with van der Waals surface area (Å²) >= 11 is 0. The summed E-state index contributed by atoms with van der Waals surface area (Å²) < 4.78 is 0. The number of phenols is 1. The van der Waals surface area contributed by atoms with Crippen molar-refractivity contribution in [1.82, 2.24) is 5.32 Å². The fraction of sp³-hybridized carbons (Fsp3) is 0.167. The number of rotatable bonds is 8. The van der Waals surface area contributed by atoms with Crippen molar-refractivity contribution in [2.75, 3.05) is 0 Å². The van der Waals surface area contributed by atoms with Gasteiger partial charge in [0.25, 0.3) is 0 Å². The summed E-state index contributed by atoms with van der Waals surface area (Å²) in [6.07, 6.45) is 4.88. The molecule has 0 saturated heterocycles. The normalized spacial score (nSPS) is 12.6. The summed E-state index contributed by atoms with van der Waals surface area (Å²) in [5.74, 6) is -1.27. The van der Waals surface area contributed by atoms with Crippen LogP contribution in [-0.2, 0) is 9.59 Å². The van der Waals surface area contributed by atoms with Gasteiger partial charge >= 0.3 is 5.97 Å². The van der Waals surface area contributed by atoms with Crippen LogP contribution in [0.25, 0.3) is 11.1 Å². The number of carboxylic acid groups (broad SMARTS) is 1. The molecule has 0 spiro atoms. The summed E-state index contributed by atoms with van der Waals surface area (Å²) in [7, 11) is 0. The van der Waals surface area contributed by atoms with Crippen molar-refractivity contribution in [1.29, 1.82) is 0 Å². The lowest BCUT2D eigenvalue weighted by molar-refractivity contribution is -0.132. The van der Waals surface area contributed by atoms with Crippen LogP contribution in [0.3, 0.4) is 0 Å². The lowest BCUT2D eigenvalue weighted by Crippen LogP contribution is -2.26. The Kier molecular flexibility index (Phi) is 7.54. The maximum atomic E-state index is 12.3. The molecule has 29 heavy (non-hydrogen) atoms. The van der Waals surface area contributed by atoms with Crippen molar-refractivity contribution >= 4 is 11.9 Å². The Morgan fingerprint density at radius 3 is 2.14 bits per heavy atom. The molecule has 0 aliphatic heterocycles. The Bertz CT molecular complexity index is 938. The van der Waals surface area contributed by atoms with Gasteiger partial charge in [-0.2, -0.15) is 0 Å². The van der Waals surface area contributed by atoms with E-state index in [1.165, 1.54) is 6.08 Å². The second kappa shape index (κ2) is 10.1. The molecule has 5 heteroatoms. The van der Waals surface area contributed by atoms with Crippen LogP contribution < -0.4 is 5.32 Å². The maximum Gasteiger partial charge on any atom is 0.337 e. The number of aliphatic carboxylic acids is 1. The summed E-state index contributed by atoms with van der Waals surface area (Å²) in [5.41, 5.74) is 3.01. The van der Waals surface area contributed by atoms with E-state index in [4.69, 9.17) is 0 Å². The van der Waals surface area contributed by atoms with Gasteiger partial charge in [-0.15, -0.1) is 0 Å². The first-order valence-electron chi connectivity index (χ1n) is 9.26. The van der Waals surface area contributed by atoms with Crippen LogP contribution >= 0.6 is 0 Å². The largest absolute Gasteiger partial charge is 0.508 e. The number of carboxylic acids is 1. The molecule has 1 atom stereocenters.